The van der Waals surface area contributed by atoms with Gasteiger partial charge < -0.3 is 14.7 Å². The molecule has 0 aliphatic heterocycles. The summed E-state index contributed by atoms with van der Waals surface area (Å²) in [6, 6.07) is 0.0633. The first kappa shape index (κ1) is 14.3. The molecular formula is C14H23NO4. The van der Waals surface area contributed by atoms with Gasteiger partial charge in [-0.3, -0.25) is 9.59 Å². The number of rotatable bonds is 5. The van der Waals surface area contributed by atoms with E-state index in [0.29, 0.717) is 19.4 Å². The van der Waals surface area contributed by atoms with Gasteiger partial charge in [0.1, 0.15) is 5.41 Å². The number of carbonyl (C=O) groups excluding carboxylic acids is 1. The quantitative estimate of drug-likeness (QED) is 0.768. The molecule has 19 heavy (non-hydrogen) atoms. The van der Waals surface area contributed by atoms with E-state index in [2.05, 4.69) is 13.8 Å². The molecule has 0 bridgehead atoms. The van der Waals surface area contributed by atoms with Gasteiger partial charge in [0.05, 0.1) is 6.10 Å². The average Bonchev–Trinajstić information content (AvgIpc) is 3.13. The van der Waals surface area contributed by atoms with Gasteiger partial charge in [0.2, 0.25) is 5.91 Å². The molecule has 5 nitrogen and oxygen atoms in total. The van der Waals surface area contributed by atoms with Crippen molar-refractivity contribution in [3.63, 3.8) is 0 Å². The topological polar surface area (TPSA) is 66.8 Å². The van der Waals surface area contributed by atoms with Crippen LogP contribution < -0.4 is 0 Å². The lowest BCUT2D eigenvalue weighted by Gasteiger charge is -2.55. The zero-order valence-corrected chi connectivity index (χ0v) is 12.1. The number of nitrogens with zero attached hydrogens (tertiary/aromatic N) is 1. The minimum absolute atomic E-state index is 0.0633. The van der Waals surface area contributed by atoms with Crippen LogP contribution in [0, 0.1) is 10.8 Å². The van der Waals surface area contributed by atoms with E-state index >= 15 is 0 Å². The van der Waals surface area contributed by atoms with E-state index < -0.39 is 11.4 Å². The van der Waals surface area contributed by atoms with Crippen LogP contribution in [0.2, 0.25) is 0 Å². The summed E-state index contributed by atoms with van der Waals surface area (Å²) in [5.41, 5.74) is -1.25. The Morgan fingerprint density at radius 2 is 1.95 bits per heavy atom. The maximum absolute atomic E-state index is 12.4. The zero-order valence-electron chi connectivity index (χ0n) is 12.1. The van der Waals surface area contributed by atoms with Crippen LogP contribution in [-0.4, -0.2) is 47.7 Å². The Labute approximate surface area is 113 Å². The molecule has 0 spiro atoms. The monoisotopic (exact) mass is 269 g/mol. The Morgan fingerprint density at radius 3 is 2.32 bits per heavy atom. The van der Waals surface area contributed by atoms with Gasteiger partial charge in [0.25, 0.3) is 0 Å². The van der Waals surface area contributed by atoms with E-state index in [1.807, 2.05) is 6.92 Å². The second kappa shape index (κ2) is 4.47. The van der Waals surface area contributed by atoms with Crippen molar-refractivity contribution in [2.45, 2.75) is 52.2 Å². The van der Waals surface area contributed by atoms with Gasteiger partial charge in [-0.05, 0) is 26.2 Å². The Balaban J connectivity index is 2.04. The van der Waals surface area contributed by atoms with Crippen LogP contribution in [-0.2, 0) is 14.3 Å². The first-order valence-corrected chi connectivity index (χ1v) is 6.89. The molecule has 1 amide bonds. The molecule has 2 aliphatic carbocycles. The molecule has 2 rings (SSSR count). The molecule has 108 valence electrons. The summed E-state index contributed by atoms with van der Waals surface area (Å²) in [6.45, 7) is 6.77. The number of ether oxygens (including phenoxy) is 1. The van der Waals surface area contributed by atoms with E-state index in [0.717, 1.165) is 6.42 Å². The van der Waals surface area contributed by atoms with Crippen molar-refractivity contribution in [2.75, 3.05) is 13.7 Å². The molecule has 0 radical (unpaired) electrons. The van der Waals surface area contributed by atoms with E-state index in [4.69, 9.17) is 4.74 Å². The van der Waals surface area contributed by atoms with Crippen LogP contribution in [0.5, 0.6) is 0 Å². The Morgan fingerprint density at radius 1 is 1.37 bits per heavy atom. The lowest BCUT2D eigenvalue weighted by atomic mass is 9.63. The summed E-state index contributed by atoms with van der Waals surface area (Å²) in [5.74, 6) is -1.23. The minimum Gasteiger partial charge on any atom is -0.480 e. The third-order valence-corrected chi connectivity index (χ3v) is 4.85. The van der Waals surface area contributed by atoms with E-state index in [9.17, 15) is 14.7 Å². The predicted octanol–water partition coefficient (Wildman–Crippen LogP) is 1.51. The standard InChI is InChI=1S/C14H23NO4/c1-5-19-10-8-9(13(10,2)3)15(4)11(16)14(6-7-14)12(17)18/h9-10H,5-8H2,1-4H3,(H,17,18)/t9-,10+/m0/s1. The molecule has 0 unspecified atom stereocenters. The van der Waals surface area contributed by atoms with E-state index in [-0.39, 0.29) is 23.5 Å². The maximum atomic E-state index is 12.4. The highest BCUT2D eigenvalue weighted by atomic mass is 16.5. The summed E-state index contributed by atoms with van der Waals surface area (Å²) in [4.78, 5) is 25.2. The van der Waals surface area contributed by atoms with E-state index in [1.165, 1.54) is 0 Å². The number of carbonyl (C=O) groups is 2. The molecule has 2 atom stereocenters. The van der Waals surface area contributed by atoms with Crippen LogP contribution in [0.1, 0.15) is 40.0 Å². The van der Waals surface area contributed by atoms with Crippen LogP contribution in [0.15, 0.2) is 0 Å². The largest absolute Gasteiger partial charge is 0.480 e. The summed E-state index contributed by atoms with van der Waals surface area (Å²) < 4.78 is 5.65. The predicted molar refractivity (Wildman–Crippen MR) is 69.7 cm³/mol. The number of amides is 1. The summed E-state index contributed by atoms with van der Waals surface area (Å²) >= 11 is 0. The van der Waals surface area contributed by atoms with Crippen LogP contribution in [0.4, 0.5) is 0 Å². The number of hydrogen-bond donors (Lipinski definition) is 1. The van der Waals surface area contributed by atoms with Gasteiger partial charge in [-0.2, -0.15) is 0 Å². The summed E-state index contributed by atoms with van der Waals surface area (Å²) in [7, 11) is 1.72. The van der Waals surface area contributed by atoms with Gasteiger partial charge in [-0.25, -0.2) is 0 Å². The highest BCUT2D eigenvalue weighted by molar-refractivity contribution is 6.04. The van der Waals surface area contributed by atoms with Crippen molar-refractivity contribution in [1.29, 1.82) is 0 Å². The molecule has 2 fully saturated rings. The first-order chi connectivity index (χ1) is 8.77. The highest BCUT2D eigenvalue weighted by Crippen LogP contribution is 2.51. The third-order valence-electron chi connectivity index (χ3n) is 4.85. The van der Waals surface area contributed by atoms with Gasteiger partial charge in [0, 0.05) is 25.1 Å². The molecule has 0 saturated heterocycles. The molecule has 0 aromatic carbocycles. The molecule has 5 heteroatoms. The highest BCUT2D eigenvalue weighted by Gasteiger charge is 2.61. The third kappa shape index (κ3) is 2.04. The van der Waals surface area contributed by atoms with E-state index in [1.54, 1.807) is 11.9 Å². The van der Waals surface area contributed by atoms with Crippen molar-refractivity contribution < 1.29 is 19.4 Å². The minimum atomic E-state index is -1.14. The lowest BCUT2D eigenvalue weighted by molar-refractivity contribution is -0.171. The fraction of sp³-hybridized carbons (Fsp3) is 0.857. The molecule has 0 heterocycles. The van der Waals surface area contributed by atoms with Crippen LogP contribution >= 0.6 is 0 Å². The van der Waals surface area contributed by atoms with Crippen LogP contribution in [0.3, 0.4) is 0 Å². The lowest BCUT2D eigenvalue weighted by Crippen LogP contribution is -2.63. The first-order valence-electron chi connectivity index (χ1n) is 6.89. The number of aliphatic carboxylic acids is 1. The van der Waals surface area contributed by atoms with Crippen molar-refractivity contribution in [3.05, 3.63) is 0 Å². The van der Waals surface area contributed by atoms with Crippen molar-refractivity contribution in [1.82, 2.24) is 4.90 Å². The Hall–Kier alpha value is -1.10. The SMILES string of the molecule is CCO[C@@H]1C[C@H](N(C)C(=O)C2(C(=O)O)CC2)C1(C)C. The molecule has 1 N–H and O–H groups in total. The van der Waals surface area contributed by atoms with Crippen LogP contribution in [0.25, 0.3) is 0 Å². The second-order valence-corrected chi connectivity index (χ2v) is 6.32. The fourth-order valence-electron chi connectivity index (χ4n) is 3.13. The Kier molecular flexibility index (Phi) is 3.37. The molecule has 0 aromatic rings. The molecule has 2 aliphatic rings. The Bertz CT molecular complexity index is 400. The van der Waals surface area contributed by atoms with Gasteiger partial charge in [-0.15, -0.1) is 0 Å². The normalized spacial score (nSPS) is 30.3. The molecular weight excluding hydrogens is 246 g/mol. The van der Waals surface area contributed by atoms with Crippen molar-refractivity contribution in [2.24, 2.45) is 10.8 Å². The number of carboxylic acids is 1. The van der Waals surface area contributed by atoms with Crippen molar-refractivity contribution >= 4 is 11.9 Å². The van der Waals surface area contributed by atoms with Crippen molar-refractivity contribution in [3.8, 4) is 0 Å². The number of carboxylic acid groups (broad SMARTS) is 1. The smallest absolute Gasteiger partial charge is 0.319 e. The van der Waals surface area contributed by atoms with Gasteiger partial charge >= 0.3 is 5.97 Å². The van der Waals surface area contributed by atoms with Gasteiger partial charge in [-0.1, -0.05) is 13.8 Å². The zero-order chi connectivity index (χ0) is 14.4. The average molecular weight is 269 g/mol. The second-order valence-electron chi connectivity index (χ2n) is 6.32. The maximum Gasteiger partial charge on any atom is 0.319 e. The van der Waals surface area contributed by atoms with Gasteiger partial charge in [0.15, 0.2) is 0 Å². The summed E-state index contributed by atoms with van der Waals surface area (Å²) in [6.07, 6.45) is 1.87. The fourth-order valence-corrected chi connectivity index (χ4v) is 3.13. The molecule has 0 aromatic heterocycles. The number of hydrogen-bond acceptors (Lipinski definition) is 3. The molecule has 2 saturated carbocycles. The summed E-state index contributed by atoms with van der Waals surface area (Å²) in [5, 5.41) is 9.19.